The van der Waals surface area contributed by atoms with Gasteiger partial charge in [-0.25, -0.2) is 0 Å². The second-order valence-electron chi connectivity index (χ2n) is 3.90. The summed E-state index contributed by atoms with van der Waals surface area (Å²) in [5, 5.41) is 10.8. The summed E-state index contributed by atoms with van der Waals surface area (Å²) < 4.78 is 0. The number of rotatable bonds is 4. The van der Waals surface area contributed by atoms with E-state index in [0.29, 0.717) is 12.0 Å². The van der Waals surface area contributed by atoms with Gasteiger partial charge in [0.2, 0.25) is 5.91 Å². The van der Waals surface area contributed by atoms with Gasteiger partial charge in [0.1, 0.15) is 0 Å². The topological polar surface area (TPSA) is 86.2 Å². The summed E-state index contributed by atoms with van der Waals surface area (Å²) in [6.45, 7) is 3.54. The van der Waals surface area contributed by atoms with E-state index < -0.39 is 15.7 Å². The maximum absolute atomic E-state index is 10.9. The van der Waals surface area contributed by atoms with Crippen LogP contribution in [0, 0.1) is 24.0 Å². The Hall–Kier alpha value is -1.43. The highest BCUT2D eigenvalue weighted by Gasteiger charge is 2.17. The predicted octanol–water partition coefficient (Wildman–Crippen LogP) is 2.00. The Morgan fingerprint density at radius 1 is 1.47 bits per heavy atom. The number of nitrogens with zero attached hydrogens (tertiary/aromatic N) is 1. The summed E-state index contributed by atoms with van der Waals surface area (Å²) >= 11 is 3.15. The monoisotopic (exact) mass is 300 g/mol. The number of halogens is 1. The minimum absolute atomic E-state index is 0.0646. The molecule has 1 aromatic carbocycles. The van der Waals surface area contributed by atoms with Crippen LogP contribution < -0.4 is 5.73 Å². The summed E-state index contributed by atoms with van der Waals surface area (Å²) in [5.41, 5.74) is 7.49. The van der Waals surface area contributed by atoms with Crippen LogP contribution in [0.15, 0.2) is 12.1 Å². The maximum atomic E-state index is 10.9. The van der Waals surface area contributed by atoms with Crippen LogP contribution in [0.25, 0.3) is 0 Å². The Balaban J connectivity index is 3.12. The minimum atomic E-state index is -0.511. The fourth-order valence-corrected chi connectivity index (χ4v) is 1.94. The van der Waals surface area contributed by atoms with Gasteiger partial charge in [-0.2, -0.15) is 0 Å². The van der Waals surface area contributed by atoms with E-state index in [4.69, 9.17) is 5.73 Å². The fourth-order valence-electron chi connectivity index (χ4n) is 1.59. The Labute approximate surface area is 107 Å². The number of benzene rings is 1. The Bertz CT molecular complexity index is 474. The van der Waals surface area contributed by atoms with E-state index in [1.165, 1.54) is 6.07 Å². The molecule has 0 spiro atoms. The van der Waals surface area contributed by atoms with Gasteiger partial charge in [-0.05, 0) is 37.5 Å². The van der Waals surface area contributed by atoms with Crippen LogP contribution in [0.1, 0.15) is 16.7 Å². The first-order chi connectivity index (χ1) is 7.82. The number of nitro benzene ring substituents is 1. The molecule has 6 heteroatoms. The van der Waals surface area contributed by atoms with Gasteiger partial charge in [-0.1, -0.05) is 15.9 Å². The smallest absolute Gasteiger partial charge is 0.272 e. The van der Waals surface area contributed by atoms with Crippen molar-refractivity contribution in [3.8, 4) is 0 Å². The first-order valence-electron chi connectivity index (χ1n) is 5.00. The molecule has 92 valence electrons. The standard InChI is InChI=1S/C11H13BrN2O3/c1-6-3-7(2)10(14(16)17)5-8(6)4-9(12)11(13)15/h3,5,9H,4H2,1-2H3,(H2,13,15). The average Bonchev–Trinajstić information content (AvgIpc) is 2.21. The van der Waals surface area contributed by atoms with Gasteiger partial charge in [0, 0.05) is 11.6 Å². The van der Waals surface area contributed by atoms with Crippen LogP contribution >= 0.6 is 15.9 Å². The lowest BCUT2D eigenvalue weighted by molar-refractivity contribution is -0.385. The molecule has 1 atom stereocenters. The Kier molecular flexibility index (Phi) is 4.22. The predicted molar refractivity (Wildman–Crippen MR) is 68.2 cm³/mol. The number of nitro groups is 1. The van der Waals surface area contributed by atoms with Crippen LogP contribution in [0.2, 0.25) is 0 Å². The van der Waals surface area contributed by atoms with Crippen molar-refractivity contribution in [1.82, 2.24) is 0 Å². The second kappa shape index (κ2) is 5.27. The van der Waals surface area contributed by atoms with E-state index in [2.05, 4.69) is 15.9 Å². The van der Waals surface area contributed by atoms with Crippen molar-refractivity contribution < 1.29 is 9.72 Å². The molecule has 5 nitrogen and oxygen atoms in total. The molecule has 0 aliphatic rings. The summed E-state index contributed by atoms with van der Waals surface area (Å²) in [6.07, 6.45) is 0.349. The molecule has 0 bridgehead atoms. The molecule has 1 rings (SSSR count). The summed E-state index contributed by atoms with van der Waals surface area (Å²) in [6, 6.07) is 3.25. The van der Waals surface area contributed by atoms with Crippen LogP contribution in [0.4, 0.5) is 5.69 Å². The molecule has 1 aromatic rings. The summed E-state index contributed by atoms with van der Waals surface area (Å²) in [7, 11) is 0. The molecule has 0 radical (unpaired) electrons. The zero-order chi connectivity index (χ0) is 13.2. The number of amides is 1. The molecule has 0 aliphatic carbocycles. The van der Waals surface area contributed by atoms with E-state index in [1.807, 2.05) is 6.92 Å². The largest absolute Gasteiger partial charge is 0.369 e. The number of nitrogens with two attached hydrogens (primary N) is 1. The lowest BCUT2D eigenvalue weighted by atomic mass is 10.00. The van der Waals surface area contributed by atoms with E-state index in [-0.39, 0.29) is 5.69 Å². The maximum Gasteiger partial charge on any atom is 0.272 e. The molecular formula is C11H13BrN2O3. The van der Waals surface area contributed by atoms with E-state index in [9.17, 15) is 14.9 Å². The van der Waals surface area contributed by atoms with Crippen molar-refractivity contribution >= 4 is 27.5 Å². The van der Waals surface area contributed by atoms with Gasteiger partial charge in [0.05, 0.1) is 9.75 Å². The van der Waals surface area contributed by atoms with Gasteiger partial charge < -0.3 is 5.73 Å². The molecule has 1 unspecified atom stereocenters. The molecule has 0 fully saturated rings. The zero-order valence-corrected chi connectivity index (χ0v) is 11.2. The van der Waals surface area contributed by atoms with Gasteiger partial charge in [-0.3, -0.25) is 14.9 Å². The molecule has 0 saturated heterocycles. The van der Waals surface area contributed by atoms with Gasteiger partial charge >= 0.3 is 0 Å². The normalized spacial score (nSPS) is 12.2. The molecule has 17 heavy (non-hydrogen) atoms. The number of hydrogen-bond acceptors (Lipinski definition) is 3. The van der Waals surface area contributed by atoms with Crippen LogP contribution in [-0.4, -0.2) is 15.7 Å². The molecule has 0 heterocycles. The Morgan fingerprint density at radius 3 is 2.53 bits per heavy atom. The van der Waals surface area contributed by atoms with Gasteiger partial charge in [0.25, 0.3) is 5.69 Å². The zero-order valence-electron chi connectivity index (χ0n) is 9.57. The number of carbonyl (C=O) groups excluding carboxylic acids is 1. The van der Waals surface area contributed by atoms with Crippen molar-refractivity contribution in [2.45, 2.75) is 25.1 Å². The lowest BCUT2D eigenvalue weighted by Crippen LogP contribution is -2.25. The number of primary amides is 1. The summed E-state index contributed by atoms with van der Waals surface area (Å²) in [5.74, 6) is -0.479. The quantitative estimate of drug-likeness (QED) is 0.524. The SMILES string of the molecule is Cc1cc(C)c([N+](=O)[O-])cc1CC(Br)C(N)=O. The number of hydrogen-bond donors (Lipinski definition) is 1. The van der Waals surface area contributed by atoms with Crippen molar-refractivity contribution in [3.05, 3.63) is 38.9 Å². The third-order valence-electron chi connectivity index (χ3n) is 2.56. The molecule has 0 aromatic heterocycles. The molecular weight excluding hydrogens is 288 g/mol. The fraction of sp³-hybridized carbons (Fsp3) is 0.364. The van der Waals surface area contributed by atoms with Crippen LogP contribution in [0.3, 0.4) is 0 Å². The number of aryl methyl sites for hydroxylation is 2. The molecule has 0 saturated carbocycles. The third kappa shape index (κ3) is 3.26. The van der Waals surface area contributed by atoms with E-state index in [1.54, 1.807) is 13.0 Å². The Morgan fingerprint density at radius 2 is 2.06 bits per heavy atom. The van der Waals surface area contributed by atoms with Crippen molar-refractivity contribution in [1.29, 1.82) is 0 Å². The van der Waals surface area contributed by atoms with Gasteiger partial charge in [0.15, 0.2) is 0 Å². The van der Waals surface area contributed by atoms with E-state index >= 15 is 0 Å². The van der Waals surface area contributed by atoms with E-state index in [0.717, 1.165) is 11.1 Å². The van der Waals surface area contributed by atoms with Gasteiger partial charge in [-0.15, -0.1) is 0 Å². The van der Waals surface area contributed by atoms with Crippen molar-refractivity contribution in [2.24, 2.45) is 5.73 Å². The van der Waals surface area contributed by atoms with Crippen LogP contribution in [-0.2, 0) is 11.2 Å². The minimum Gasteiger partial charge on any atom is -0.369 e. The third-order valence-corrected chi connectivity index (χ3v) is 3.33. The number of carbonyl (C=O) groups is 1. The first-order valence-corrected chi connectivity index (χ1v) is 5.92. The first kappa shape index (κ1) is 13.6. The second-order valence-corrected chi connectivity index (χ2v) is 5.00. The average molecular weight is 301 g/mol. The molecule has 1 amide bonds. The van der Waals surface area contributed by atoms with Crippen LogP contribution in [0.5, 0.6) is 0 Å². The highest BCUT2D eigenvalue weighted by atomic mass is 79.9. The molecule has 2 N–H and O–H groups in total. The summed E-state index contributed by atoms with van der Waals surface area (Å²) in [4.78, 5) is 20.8. The molecule has 0 aliphatic heterocycles. The number of alkyl halides is 1. The van der Waals surface area contributed by atoms with Crippen molar-refractivity contribution in [3.63, 3.8) is 0 Å². The lowest BCUT2D eigenvalue weighted by Gasteiger charge is -2.10. The van der Waals surface area contributed by atoms with Crippen molar-refractivity contribution in [2.75, 3.05) is 0 Å². The highest BCUT2D eigenvalue weighted by Crippen LogP contribution is 2.24. The highest BCUT2D eigenvalue weighted by molar-refractivity contribution is 9.10.